The highest BCUT2D eigenvalue weighted by atomic mass is 35.5. The van der Waals surface area contributed by atoms with E-state index >= 15 is 0 Å². The second-order valence-corrected chi connectivity index (χ2v) is 4.59. The van der Waals surface area contributed by atoms with Crippen LogP contribution in [0.4, 0.5) is 4.39 Å². The highest BCUT2D eigenvalue weighted by Gasteiger charge is 2.26. The third kappa shape index (κ3) is 3.19. The zero-order valence-electron chi connectivity index (χ0n) is 9.60. The SMILES string of the molecule is O=C(O)C1CN(Cc2ccc(Cl)c(F)c2)CCO1. The lowest BCUT2D eigenvalue weighted by Crippen LogP contribution is -2.45. The molecule has 0 bridgehead atoms. The predicted molar refractivity (Wildman–Crippen MR) is 64.1 cm³/mol. The first kappa shape index (κ1) is 13.3. The minimum atomic E-state index is -0.970. The molecule has 2 rings (SSSR count). The van der Waals surface area contributed by atoms with Gasteiger partial charge in [0.1, 0.15) is 5.82 Å². The van der Waals surface area contributed by atoms with E-state index < -0.39 is 17.9 Å². The molecule has 1 heterocycles. The van der Waals surface area contributed by atoms with Gasteiger partial charge in [-0.2, -0.15) is 0 Å². The van der Waals surface area contributed by atoms with Crippen LogP contribution in [-0.2, 0) is 16.1 Å². The van der Waals surface area contributed by atoms with Crippen LogP contribution in [0.5, 0.6) is 0 Å². The van der Waals surface area contributed by atoms with Crippen LogP contribution in [-0.4, -0.2) is 41.8 Å². The molecule has 1 aromatic carbocycles. The molecule has 18 heavy (non-hydrogen) atoms. The summed E-state index contributed by atoms with van der Waals surface area (Å²) in [5, 5.41) is 8.96. The van der Waals surface area contributed by atoms with Crippen molar-refractivity contribution in [1.82, 2.24) is 4.90 Å². The lowest BCUT2D eigenvalue weighted by Gasteiger charge is -2.30. The quantitative estimate of drug-likeness (QED) is 0.912. The summed E-state index contributed by atoms with van der Waals surface area (Å²) in [6, 6.07) is 4.60. The Balaban J connectivity index is 2.00. The van der Waals surface area contributed by atoms with E-state index in [9.17, 15) is 9.18 Å². The average molecular weight is 274 g/mol. The molecule has 1 aliphatic heterocycles. The molecule has 6 heteroatoms. The molecule has 1 N–H and O–H groups in total. The number of carbonyl (C=O) groups is 1. The number of hydrogen-bond donors (Lipinski definition) is 1. The molecule has 0 spiro atoms. The number of halogens is 2. The van der Waals surface area contributed by atoms with Gasteiger partial charge in [0, 0.05) is 19.6 Å². The van der Waals surface area contributed by atoms with E-state index in [-0.39, 0.29) is 5.02 Å². The van der Waals surface area contributed by atoms with Crippen molar-refractivity contribution in [2.75, 3.05) is 19.7 Å². The molecule has 1 fully saturated rings. The van der Waals surface area contributed by atoms with E-state index in [0.717, 1.165) is 5.56 Å². The molecule has 0 radical (unpaired) electrons. The summed E-state index contributed by atoms with van der Waals surface area (Å²) in [7, 11) is 0. The van der Waals surface area contributed by atoms with E-state index in [1.807, 2.05) is 4.90 Å². The molecule has 1 unspecified atom stereocenters. The zero-order valence-corrected chi connectivity index (χ0v) is 10.4. The Hall–Kier alpha value is -1.17. The van der Waals surface area contributed by atoms with Gasteiger partial charge in [0.2, 0.25) is 0 Å². The topological polar surface area (TPSA) is 49.8 Å². The molecule has 0 aliphatic carbocycles. The first-order valence-electron chi connectivity index (χ1n) is 5.57. The van der Waals surface area contributed by atoms with Gasteiger partial charge in [-0.1, -0.05) is 17.7 Å². The highest BCUT2D eigenvalue weighted by molar-refractivity contribution is 6.30. The van der Waals surface area contributed by atoms with Gasteiger partial charge in [0.25, 0.3) is 0 Å². The second kappa shape index (κ2) is 5.65. The second-order valence-electron chi connectivity index (χ2n) is 4.18. The largest absolute Gasteiger partial charge is 0.479 e. The maximum atomic E-state index is 13.3. The summed E-state index contributed by atoms with van der Waals surface area (Å²) in [5.74, 6) is -1.43. The molecule has 1 atom stereocenters. The molecular weight excluding hydrogens is 261 g/mol. The predicted octanol–water partition coefficient (Wildman–Crippen LogP) is 1.76. The molecule has 98 valence electrons. The van der Waals surface area contributed by atoms with Crippen LogP contribution in [0.15, 0.2) is 18.2 Å². The van der Waals surface area contributed by atoms with Crippen molar-refractivity contribution in [1.29, 1.82) is 0 Å². The van der Waals surface area contributed by atoms with Gasteiger partial charge >= 0.3 is 5.97 Å². The van der Waals surface area contributed by atoms with Crippen LogP contribution in [0.2, 0.25) is 5.02 Å². The Labute approximate surface area is 109 Å². The number of aliphatic carboxylic acids is 1. The Morgan fingerprint density at radius 2 is 2.39 bits per heavy atom. The van der Waals surface area contributed by atoms with Crippen molar-refractivity contribution in [3.63, 3.8) is 0 Å². The highest BCUT2D eigenvalue weighted by Crippen LogP contribution is 2.17. The van der Waals surface area contributed by atoms with E-state index in [1.165, 1.54) is 12.1 Å². The Morgan fingerprint density at radius 3 is 3.06 bits per heavy atom. The lowest BCUT2D eigenvalue weighted by molar-refractivity contribution is -0.156. The number of carboxylic acids is 1. The molecule has 4 nitrogen and oxygen atoms in total. The van der Waals surface area contributed by atoms with Crippen LogP contribution in [0.25, 0.3) is 0 Å². The van der Waals surface area contributed by atoms with Gasteiger partial charge in [-0.25, -0.2) is 9.18 Å². The maximum absolute atomic E-state index is 13.3. The third-order valence-electron chi connectivity index (χ3n) is 2.82. The fourth-order valence-electron chi connectivity index (χ4n) is 1.89. The lowest BCUT2D eigenvalue weighted by atomic mass is 10.2. The molecule has 0 aromatic heterocycles. The van der Waals surface area contributed by atoms with Crippen LogP contribution in [0.1, 0.15) is 5.56 Å². The van der Waals surface area contributed by atoms with E-state index in [0.29, 0.717) is 26.2 Å². The van der Waals surface area contributed by atoms with E-state index in [1.54, 1.807) is 6.07 Å². The van der Waals surface area contributed by atoms with E-state index in [4.69, 9.17) is 21.4 Å². The zero-order chi connectivity index (χ0) is 13.1. The minimum absolute atomic E-state index is 0.0872. The number of nitrogens with zero attached hydrogens (tertiary/aromatic N) is 1. The number of rotatable bonds is 3. The Bertz CT molecular complexity index is 455. The van der Waals surface area contributed by atoms with Crippen molar-refractivity contribution < 1.29 is 19.0 Å². The van der Waals surface area contributed by atoms with Gasteiger partial charge in [-0.3, -0.25) is 4.90 Å². The Morgan fingerprint density at radius 1 is 1.61 bits per heavy atom. The summed E-state index contributed by atoms with van der Waals surface area (Å²) < 4.78 is 18.4. The van der Waals surface area contributed by atoms with Crippen LogP contribution in [0.3, 0.4) is 0 Å². The summed E-state index contributed by atoms with van der Waals surface area (Å²) in [5.41, 5.74) is 0.767. The summed E-state index contributed by atoms with van der Waals surface area (Å²) in [4.78, 5) is 12.7. The average Bonchev–Trinajstić information content (AvgIpc) is 2.34. The van der Waals surface area contributed by atoms with Gasteiger partial charge < -0.3 is 9.84 Å². The monoisotopic (exact) mass is 273 g/mol. The standard InChI is InChI=1S/C12H13ClFNO3/c13-9-2-1-8(5-10(9)14)6-15-3-4-18-11(7-15)12(16)17/h1-2,5,11H,3-4,6-7H2,(H,16,17). The maximum Gasteiger partial charge on any atom is 0.334 e. The first-order valence-corrected chi connectivity index (χ1v) is 5.95. The summed E-state index contributed by atoms with van der Waals surface area (Å²) in [6.45, 7) is 1.79. The summed E-state index contributed by atoms with van der Waals surface area (Å²) >= 11 is 5.60. The van der Waals surface area contributed by atoms with Crippen molar-refractivity contribution in [2.24, 2.45) is 0 Å². The fraction of sp³-hybridized carbons (Fsp3) is 0.417. The van der Waals surface area contributed by atoms with Gasteiger partial charge in [0.15, 0.2) is 6.10 Å². The number of morpholine rings is 1. The molecule has 1 aliphatic rings. The molecular formula is C12H13ClFNO3. The molecule has 0 saturated carbocycles. The van der Waals surface area contributed by atoms with Crippen molar-refractivity contribution in [3.8, 4) is 0 Å². The van der Waals surface area contributed by atoms with E-state index in [2.05, 4.69) is 0 Å². The number of ether oxygens (including phenoxy) is 1. The van der Waals surface area contributed by atoms with Crippen molar-refractivity contribution in [2.45, 2.75) is 12.6 Å². The normalized spacial score (nSPS) is 20.9. The summed E-state index contributed by atoms with van der Waals surface area (Å²) in [6.07, 6.45) is -0.809. The smallest absolute Gasteiger partial charge is 0.334 e. The molecule has 0 amide bonds. The number of benzene rings is 1. The van der Waals surface area contributed by atoms with Crippen LogP contribution < -0.4 is 0 Å². The van der Waals surface area contributed by atoms with Crippen LogP contribution in [0, 0.1) is 5.82 Å². The Kier molecular flexibility index (Phi) is 4.16. The third-order valence-corrected chi connectivity index (χ3v) is 3.12. The molecule has 1 aromatic rings. The van der Waals surface area contributed by atoms with Crippen molar-refractivity contribution >= 4 is 17.6 Å². The number of hydrogen-bond acceptors (Lipinski definition) is 3. The van der Waals surface area contributed by atoms with Crippen molar-refractivity contribution in [3.05, 3.63) is 34.6 Å². The minimum Gasteiger partial charge on any atom is -0.479 e. The van der Waals surface area contributed by atoms with Gasteiger partial charge in [0.05, 0.1) is 11.6 Å². The number of carboxylic acid groups (broad SMARTS) is 1. The van der Waals surface area contributed by atoms with Crippen LogP contribution >= 0.6 is 11.6 Å². The molecule has 1 saturated heterocycles. The van der Waals surface area contributed by atoms with Gasteiger partial charge in [-0.15, -0.1) is 0 Å². The fourth-order valence-corrected chi connectivity index (χ4v) is 2.01. The first-order chi connectivity index (χ1) is 8.56. The van der Waals surface area contributed by atoms with Gasteiger partial charge in [-0.05, 0) is 17.7 Å².